The molecule has 0 aliphatic carbocycles. The summed E-state index contributed by atoms with van der Waals surface area (Å²) in [7, 11) is 1.64. The summed E-state index contributed by atoms with van der Waals surface area (Å²) in [5.74, 6) is 2.44. The van der Waals surface area contributed by atoms with E-state index < -0.39 is 0 Å². The van der Waals surface area contributed by atoms with Crippen LogP contribution in [0.1, 0.15) is 31.7 Å². The number of ether oxygens (including phenoxy) is 1. The third kappa shape index (κ3) is 4.91. The highest BCUT2D eigenvalue weighted by molar-refractivity contribution is 5.78. The molecule has 1 heterocycles. The molecule has 0 aliphatic heterocycles. The van der Waals surface area contributed by atoms with Gasteiger partial charge in [0.1, 0.15) is 11.6 Å². The Morgan fingerprint density at radius 2 is 1.93 bits per heavy atom. The van der Waals surface area contributed by atoms with E-state index in [1.54, 1.807) is 7.11 Å². The van der Waals surface area contributed by atoms with E-state index >= 15 is 0 Å². The molecular formula is C23H29N3O2. The highest BCUT2D eigenvalue weighted by Gasteiger charge is 2.13. The maximum Gasteiger partial charge on any atom is 0.224 e. The summed E-state index contributed by atoms with van der Waals surface area (Å²) in [6.45, 7) is 6.00. The Hall–Kier alpha value is -2.82. The predicted octanol–water partition coefficient (Wildman–Crippen LogP) is 3.99. The number of hydrogen-bond acceptors (Lipinski definition) is 3. The van der Waals surface area contributed by atoms with Gasteiger partial charge >= 0.3 is 0 Å². The molecule has 0 aliphatic rings. The van der Waals surface area contributed by atoms with Crippen molar-refractivity contribution in [2.45, 2.75) is 39.7 Å². The predicted molar refractivity (Wildman–Crippen MR) is 113 cm³/mol. The average Bonchev–Trinajstić information content (AvgIpc) is 3.06. The van der Waals surface area contributed by atoms with Crippen molar-refractivity contribution in [3.05, 3.63) is 59.9 Å². The molecule has 0 saturated carbocycles. The maximum atomic E-state index is 12.3. The first-order valence-electron chi connectivity index (χ1n) is 9.94. The van der Waals surface area contributed by atoms with Crippen molar-refractivity contribution >= 4 is 16.9 Å². The molecule has 5 nitrogen and oxygen atoms in total. The van der Waals surface area contributed by atoms with Gasteiger partial charge in [-0.05, 0) is 35.7 Å². The number of amides is 1. The van der Waals surface area contributed by atoms with Crippen LogP contribution in [0, 0.1) is 5.92 Å². The van der Waals surface area contributed by atoms with Gasteiger partial charge in [0.05, 0.1) is 24.6 Å². The lowest BCUT2D eigenvalue weighted by Crippen LogP contribution is -2.28. The summed E-state index contributed by atoms with van der Waals surface area (Å²) in [6.07, 6.45) is 2.22. The number of carbonyl (C=O) groups is 1. The van der Waals surface area contributed by atoms with Crippen LogP contribution in [0.2, 0.25) is 0 Å². The molecule has 0 bridgehead atoms. The maximum absolute atomic E-state index is 12.3. The van der Waals surface area contributed by atoms with E-state index in [9.17, 15) is 4.79 Å². The molecule has 1 atom stereocenters. The van der Waals surface area contributed by atoms with E-state index in [0.29, 0.717) is 18.9 Å². The first kappa shape index (κ1) is 19.9. The van der Waals surface area contributed by atoms with Crippen molar-refractivity contribution in [3.8, 4) is 5.75 Å². The standard InChI is InChI=1S/C23H29N3O2/c1-4-17(2)16-26-21-8-6-5-7-20(21)25-22(26)13-14-24-23(27)15-18-9-11-19(28-3)12-10-18/h5-12,17H,4,13-16H2,1-3H3,(H,24,27). The third-order valence-electron chi connectivity index (χ3n) is 5.12. The molecule has 1 aromatic heterocycles. The van der Waals surface area contributed by atoms with Crippen LogP contribution in [0.4, 0.5) is 0 Å². The SMILES string of the molecule is CCC(C)Cn1c(CCNC(=O)Cc2ccc(OC)cc2)nc2ccccc21. The van der Waals surface area contributed by atoms with Gasteiger partial charge < -0.3 is 14.6 Å². The number of imidazole rings is 1. The topological polar surface area (TPSA) is 56.2 Å². The lowest BCUT2D eigenvalue weighted by Gasteiger charge is -2.14. The second-order valence-electron chi connectivity index (χ2n) is 7.27. The van der Waals surface area contributed by atoms with Gasteiger partial charge in [-0.2, -0.15) is 0 Å². The third-order valence-corrected chi connectivity index (χ3v) is 5.12. The summed E-state index contributed by atoms with van der Waals surface area (Å²) < 4.78 is 7.45. The molecule has 5 heteroatoms. The number of rotatable bonds is 9. The minimum absolute atomic E-state index is 0.0229. The average molecular weight is 380 g/mol. The Morgan fingerprint density at radius 3 is 2.64 bits per heavy atom. The summed E-state index contributed by atoms with van der Waals surface area (Å²) in [5.41, 5.74) is 3.16. The van der Waals surface area contributed by atoms with Crippen LogP contribution in [0.25, 0.3) is 11.0 Å². The Labute approximate surface area is 166 Å². The van der Waals surface area contributed by atoms with Crippen LogP contribution in [0.5, 0.6) is 5.75 Å². The monoisotopic (exact) mass is 379 g/mol. The zero-order chi connectivity index (χ0) is 19.9. The number of aromatic nitrogens is 2. The van der Waals surface area contributed by atoms with Crippen LogP contribution < -0.4 is 10.1 Å². The zero-order valence-electron chi connectivity index (χ0n) is 16.9. The van der Waals surface area contributed by atoms with Crippen molar-refractivity contribution in [2.75, 3.05) is 13.7 Å². The van der Waals surface area contributed by atoms with E-state index in [2.05, 4.69) is 35.9 Å². The minimum atomic E-state index is 0.0229. The van der Waals surface area contributed by atoms with Crippen LogP contribution in [0.15, 0.2) is 48.5 Å². The summed E-state index contributed by atoms with van der Waals surface area (Å²) in [4.78, 5) is 17.1. The zero-order valence-corrected chi connectivity index (χ0v) is 16.9. The molecule has 3 rings (SSSR count). The van der Waals surface area contributed by atoms with Crippen molar-refractivity contribution < 1.29 is 9.53 Å². The molecule has 0 radical (unpaired) electrons. The molecule has 1 amide bonds. The molecule has 0 fully saturated rings. The van der Waals surface area contributed by atoms with Gasteiger partial charge in [0.25, 0.3) is 0 Å². The molecule has 148 valence electrons. The molecule has 28 heavy (non-hydrogen) atoms. The Bertz CT molecular complexity index is 915. The first-order chi connectivity index (χ1) is 13.6. The molecule has 1 N–H and O–H groups in total. The smallest absolute Gasteiger partial charge is 0.224 e. The number of carbonyl (C=O) groups excluding carboxylic acids is 1. The number of fused-ring (bicyclic) bond motifs is 1. The van der Waals surface area contributed by atoms with Crippen molar-refractivity contribution in [3.63, 3.8) is 0 Å². The number of para-hydroxylation sites is 2. The Balaban J connectivity index is 1.61. The summed E-state index contributed by atoms with van der Waals surface area (Å²) in [6, 6.07) is 15.8. The van der Waals surface area contributed by atoms with E-state index in [4.69, 9.17) is 9.72 Å². The molecule has 2 aromatic carbocycles. The molecule has 1 unspecified atom stereocenters. The van der Waals surface area contributed by atoms with E-state index in [1.807, 2.05) is 36.4 Å². The van der Waals surface area contributed by atoms with Crippen molar-refractivity contribution in [2.24, 2.45) is 5.92 Å². The van der Waals surface area contributed by atoms with E-state index in [-0.39, 0.29) is 5.91 Å². The fourth-order valence-corrected chi connectivity index (χ4v) is 3.27. The summed E-state index contributed by atoms with van der Waals surface area (Å²) >= 11 is 0. The van der Waals surface area contributed by atoms with Crippen LogP contribution in [0.3, 0.4) is 0 Å². The first-order valence-corrected chi connectivity index (χ1v) is 9.94. The molecule has 0 saturated heterocycles. The highest BCUT2D eigenvalue weighted by Crippen LogP contribution is 2.19. The number of nitrogens with one attached hydrogen (secondary N) is 1. The van der Waals surface area contributed by atoms with Gasteiger partial charge in [-0.25, -0.2) is 4.98 Å². The lowest BCUT2D eigenvalue weighted by molar-refractivity contribution is -0.120. The molecule has 0 spiro atoms. The fraction of sp³-hybridized carbons (Fsp3) is 0.391. The molecule has 3 aromatic rings. The largest absolute Gasteiger partial charge is 0.497 e. The lowest BCUT2D eigenvalue weighted by atomic mass is 10.1. The Morgan fingerprint density at radius 1 is 1.18 bits per heavy atom. The second kappa shape index (κ2) is 9.40. The van der Waals surface area contributed by atoms with Gasteiger partial charge in [-0.1, -0.05) is 44.5 Å². The van der Waals surface area contributed by atoms with Gasteiger partial charge in [0, 0.05) is 19.5 Å². The minimum Gasteiger partial charge on any atom is -0.497 e. The van der Waals surface area contributed by atoms with Crippen molar-refractivity contribution in [1.82, 2.24) is 14.9 Å². The number of methoxy groups -OCH3 is 1. The fourth-order valence-electron chi connectivity index (χ4n) is 3.27. The quantitative estimate of drug-likeness (QED) is 0.611. The van der Waals surface area contributed by atoms with E-state index in [0.717, 1.165) is 42.0 Å². The number of nitrogens with zero attached hydrogens (tertiary/aromatic N) is 2. The van der Waals surface area contributed by atoms with Gasteiger partial charge in [-0.15, -0.1) is 0 Å². The number of benzene rings is 2. The molecular weight excluding hydrogens is 350 g/mol. The summed E-state index contributed by atoms with van der Waals surface area (Å²) in [5, 5.41) is 3.02. The van der Waals surface area contributed by atoms with Gasteiger partial charge in [-0.3, -0.25) is 4.79 Å². The van der Waals surface area contributed by atoms with Crippen LogP contribution >= 0.6 is 0 Å². The second-order valence-corrected chi connectivity index (χ2v) is 7.27. The van der Waals surface area contributed by atoms with Crippen LogP contribution in [-0.4, -0.2) is 29.1 Å². The Kier molecular flexibility index (Phi) is 6.69. The van der Waals surface area contributed by atoms with Crippen molar-refractivity contribution in [1.29, 1.82) is 0 Å². The van der Waals surface area contributed by atoms with Gasteiger partial charge in [0.2, 0.25) is 5.91 Å². The normalized spacial score (nSPS) is 12.1. The highest BCUT2D eigenvalue weighted by atomic mass is 16.5. The van der Waals surface area contributed by atoms with Crippen LogP contribution in [-0.2, 0) is 24.2 Å². The van der Waals surface area contributed by atoms with E-state index in [1.165, 1.54) is 5.52 Å². The van der Waals surface area contributed by atoms with Gasteiger partial charge in [0.15, 0.2) is 0 Å². The number of hydrogen-bond donors (Lipinski definition) is 1.